The van der Waals surface area contributed by atoms with Crippen LogP contribution in [0.3, 0.4) is 0 Å². The topological polar surface area (TPSA) is 20.2 Å². The molecule has 0 unspecified atom stereocenters. The van der Waals surface area contributed by atoms with Crippen LogP contribution in [0.25, 0.3) is 6.08 Å². The van der Waals surface area contributed by atoms with Crippen molar-refractivity contribution in [3.05, 3.63) is 35.7 Å². The van der Waals surface area contributed by atoms with Gasteiger partial charge < -0.3 is 5.11 Å². The van der Waals surface area contributed by atoms with E-state index in [-0.39, 0.29) is 11.6 Å². The molecule has 1 N–H and O–H groups in total. The highest BCUT2D eigenvalue weighted by Crippen LogP contribution is 2.22. The van der Waals surface area contributed by atoms with E-state index in [2.05, 4.69) is 6.58 Å². The molecular weight excluding hydrogens is 155 g/mol. The van der Waals surface area contributed by atoms with Crippen molar-refractivity contribution in [1.29, 1.82) is 0 Å². The summed E-state index contributed by atoms with van der Waals surface area (Å²) < 4.78 is 13.1. The molecule has 0 bridgehead atoms. The van der Waals surface area contributed by atoms with Crippen LogP contribution in [0.15, 0.2) is 18.7 Å². The Kier molecular flexibility index (Phi) is 2.48. The highest BCUT2D eigenvalue weighted by atomic mass is 19.1. The molecule has 0 amide bonds. The lowest BCUT2D eigenvalue weighted by molar-refractivity contribution is 0.470. The van der Waals surface area contributed by atoms with E-state index >= 15 is 0 Å². The molecule has 0 fully saturated rings. The van der Waals surface area contributed by atoms with Crippen LogP contribution >= 0.6 is 0 Å². The molecule has 1 rings (SSSR count). The zero-order valence-electron chi connectivity index (χ0n) is 6.97. The van der Waals surface area contributed by atoms with Crippen molar-refractivity contribution >= 4 is 6.08 Å². The van der Waals surface area contributed by atoms with Gasteiger partial charge in [-0.05, 0) is 24.1 Å². The maximum atomic E-state index is 13.1. The van der Waals surface area contributed by atoms with Gasteiger partial charge in [-0.15, -0.1) is 0 Å². The van der Waals surface area contributed by atoms with Gasteiger partial charge in [-0.3, -0.25) is 0 Å². The fraction of sp³-hybridized carbons (Fsp3) is 0.200. The zero-order chi connectivity index (χ0) is 9.14. The predicted octanol–water partition coefficient (Wildman–Crippen LogP) is 2.74. The van der Waals surface area contributed by atoms with Crippen molar-refractivity contribution in [3.63, 3.8) is 0 Å². The molecule has 0 aliphatic rings. The number of hydrogen-bond acceptors (Lipinski definition) is 1. The fourth-order valence-electron chi connectivity index (χ4n) is 1.05. The Morgan fingerprint density at radius 2 is 2.25 bits per heavy atom. The highest BCUT2D eigenvalue weighted by Gasteiger charge is 2.04. The maximum Gasteiger partial charge on any atom is 0.127 e. The first-order chi connectivity index (χ1) is 5.69. The van der Waals surface area contributed by atoms with Gasteiger partial charge in [0, 0.05) is 5.56 Å². The maximum absolute atomic E-state index is 13.1. The van der Waals surface area contributed by atoms with E-state index in [9.17, 15) is 9.50 Å². The van der Waals surface area contributed by atoms with Gasteiger partial charge in [-0.1, -0.05) is 19.6 Å². The summed E-state index contributed by atoms with van der Waals surface area (Å²) in [5.41, 5.74) is 0.961. The van der Waals surface area contributed by atoms with Crippen molar-refractivity contribution in [1.82, 2.24) is 0 Å². The average molecular weight is 166 g/mol. The molecule has 1 aromatic carbocycles. The van der Waals surface area contributed by atoms with Gasteiger partial charge in [0.15, 0.2) is 0 Å². The fourth-order valence-corrected chi connectivity index (χ4v) is 1.05. The minimum atomic E-state index is -0.287. The van der Waals surface area contributed by atoms with Crippen molar-refractivity contribution in [3.8, 4) is 5.75 Å². The molecule has 12 heavy (non-hydrogen) atoms. The molecule has 1 aromatic rings. The summed E-state index contributed by atoms with van der Waals surface area (Å²) in [5.74, 6) is -0.201. The third-order valence-corrected chi connectivity index (χ3v) is 1.80. The van der Waals surface area contributed by atoms with Gasteiger partial charge in [-0.25, -0.2) is 4.39 Å². The number of phenols is 1. The van der Waals surface area contributed by atoms with Crippen LogP contribution in [0, 0.1) is 5.82 Å². The smallest absolute Gasteiger partial charge is 0.127 e. The minimum Gasteiger partial charge on any atom is -0.507 e. The lowest BCUT2D eigenvalue weighted by Crippen LogP contribution is -1.88. The van der Waals surface area contributed by atoms with Crippen molar-refractivity contribution in [2.75, 3.05) is 0 Å². The first-order valence-corrected chi connectivity index (χ1v) is 3.82. The van der Waals surface area contributed by atoms with Gasteiger partial charge in [0.25, 0.3) is 0 Å². The number of aryl methyl sites for hydroxylation is 1. The summed E-state index contributed by atoms with van der Waals surface area (Å²) in [6.07, 6.45) is 2.01. The van der Waals surface area contributed by atoms with Crippen molar-refractivity contribution in [2.45, 2.75) is 13.3 Å². The number of hydrogen-bond donors (Lipinski definition) is 1. The Balaban J connectivity index is 3.25. The molecule has 0 aliphatic carbocycles. The third kappa shape index (κ3) is 1.47. The molecule has 0 spiro atoms. The van der Waals surface area contributed by atoms with E-state index in [1.165, 1.54) is 18.2 Å². The van der Waals surface area contributed by atoms with Gasteiger partial charge in [0.1, 0.15) is 11.6 Å². The van der Waals surface area contributed by atoms with E-state index < -0.39 is 0 Å². The standard InChI is InChI=1S/C10H11FO/c1-3-7-6-10(12)8(4-2)5-9(7)11/h4-6,12H,2-3H2,1H3. The van der Waals surface area contributed by atoms with E-state index in [1.807, 2.05) is 6.92 Å². The Morgan fingerprint density at radius 1 is 1.58 bits per heavy atom. The van der Waals surface area contributed by atoms with Crippen LogP contribution in [0.1, 0.15) is 18.1 Å². The highest BCUT2D eigenvalue weighted by molar-refractivity contribution is 5.56. The Bertz CT molecular complexity index is 305. The second-order valence-electron chi connectivity index (χ2n) is 2.56. The van der Waals surface area contributed by atoms with Crippen LogP contribution in [0.4, 0.5) is 4.39 Å². The average Bonchev–Trinajstić information content (AvgIpc) is 2.08. The van der Waals surface area contributed by atoms with Gasteiger partial charge in [0.05, 0.1) is 0 Å². The number of phenolic OH excluding ortho intramolecular Hbond substituents is 1. The van der Waals surface area contributed by atoms with Crippen LogP contribution < -0.4 is 0 Å². The number of aromatic hydroxyl groups is 1. The van der Waals surface area contributed by atoms with Crippen LogP contribution in [0.5, 0.6) is 5.75 Å². The summed E-state index contributed by atoms with van der Waals surface area (Å²) in [7, 11) is 0. The second kappa shape index (κ2) is 3.39. The summed E-state index contributed by atoms with van der Waals surface area (Å²) in [6.45, 7) is 5.30. The Hall–Kier alpha value is -1.31. The Morgan fingerprint density at radius 3 is 2.75 bits per heavy atom. The number of rotatable bonds is 2. The number of halogens is 1. The molecule has 0 saturated heterocycles. The van der Waals surface area contributed by atoms with E-state index in [4.69, 9.17) is 0 Å². The molecular formula is C10H11FO. The minimum absolute atomic E-state index is 0.0863. The van der Waals surface area contributed by atoms with E-state index in [1.54, 1.807) is 0 Å². The van der Waals surface area contributed by atoms with Gasteiger partial charge in [-0.2, -0.15) is 0 Å². The quantitative estimate of drug-likeness (QED) is 0.716. The zero-order valence-corrected chi connectivity index (χ0v) is 6.97. The molecule has 0 aliphatic heterocycles. The first kappa shape index (κ1) is 8.78. The molecule has 64 valence electrons. The third-order valence-electron chi connectivity index (χ3n) is 1.80. The second-order valence-corrected chi connectivity index (χ2v) is 2.56. The molecule has 0 saturated carbocycles. The largest absolute Gasteiger partial charge is 0.507 e. The van der Waals surface area contributed by atoms with Crippen molar-refractivity contribution in [2.24, 2.45) is 0 Å². The first-order valence-electron chi connectivity index (χ1n) is 3.82. The summed E-state index contributed by atoms with van der Waals surface area (Å²) in [6, 6.07) is 2.73. The SMILES string of the molecule is C=Cc1cc(F)c(CC)cc1O. The molecule has 0 aromatic heterocycles. The molecule has 0 atom stereocenters. The Labute approximate surface area is 71.2 Å². The summed E-state index contributed by atoms with van der Waals surface area (Å²) >= 11 is 0. The molecule has 1 nitrogen and oxygen atoms in total. The monoisotopic (exact) mass is 166 g/mol. The molecule has 2 heteroatoms. The molecule has 0 radical (unpaired) electrons. The predicted molar refractivity (Wildman–Crippen MR) is 47.5 cm³/mol. The molecule has 0 heterocycles. The van der Waals surface area contributed by atoms with Crippen LogP contribution in [0.2, 0.25) is 0 Å². The van der Waals surface area contributed by atoms with Crippen LogP contribution in [-0.4, -0.2) is 5.11 Å². The van der Waals surface area contributed by atoms with Crippen molar-refractivity contribution < 1.29 is 9.50 Å². The lowest BCUT2D eigenvalue weighted by Gasteiger charge is -2.03. The normalized spacial score (nSPS) is 9.83. The van der Waals surface area contributed by atoms with Gasteiger partial charge in [0.2, 0.25) is 0 Å². The van der Waals surface area contributed by atoms with E-state index in [0.717, 1.165) is 0 Å². The number of benzene rings is 1. The van der Waals surface area contributed by atoms with Gasteiger partial charge >= 0.3 is 0 Å². The summed E-state index contributed by atoms with van der Waals surface area (Å²) in [4.78, 5) is 0. The lowest BCUT2D eigenvalue weighted by atomic mass is 10.1. The summed E-state index contributed by atoms with van der Waals surface area (Å²) in [5, 5.41) is 9.31. The van der Waals surface area contributed by atoms with Crippen LogP contribution in [-0.2, 0) is 6.42 Å². The van der Waals surface area contributed by atoms with E-state index in [0.29, 0.717) is 17.5 Å².